The van der Waals surface area contributed by atoms with Crippen molar-refractivity contribution in [3.63, 3.8) is 0 Å². The van der Waals surface area contributed by atoms with Crippen LogP contribution in [0.4, 0.5) is 4.79 Å². The minimum atomic E-state index is -3.98. The molecule has 1 aromatic heterocycles. The van der Waals surface area contributed by atoms with Crippen LogP contribution in [0.25, 0.3) is 0 Å². The normalized spacial score (nSPS) is 12.5. The maximum atomic E-state index is 13.6. The zero-order valence-corrected chi connectivity index (χ0v) is 28.0. The van der Waals surface area contributed by atoms with Crippen LogP contribution in [0, 0.1) is 13.8 Å². The number of carbonyl (C=O) groups excluding carboxylic acids is 3. The summed E-state index contributed by atoms with van der Waals surface area (Å²) >= 11 is 0. The number of nitrogens with one attached hydrogen (secondary N) is 3. The van der Waals surface area contributed by atoms with Gasteiger partial charge in [0.15, 0.2) is 0 Å². The Hall–Kier alpha value is -4.93. The lowest BCUT2D eigenvalue weighted by atomic mass is 10.1. The Bertz CT molecular complexity index is 1670. The molecular weight excluding hydrogens is 634 g/mol. The van der Waals surface area contributed by atoms with Crippen LogP contribution >= 0.6 is 0 Å². The van der Waals surface area contributed by atoms with E-state index in [0.29, 0.717) is 0 Å². The Morgan fingerprint density at radius 3 is 2.45 bits per heavy atom. The molecule has 0 aliphatic carbocycles. The molecule has 0 spiro atoms. The Morgan fingerprint density at radius 2 is 1.83 bits per heavy atom. The third kappa shape index (κ3) is 12.8. The van der Waals surface area contributed by atoms with Gasteiger partial charge in [0.2, 0.25) is 11.9 Å². The lowest BCUT2D eigenvalue weighted by molar-refractivity contribution is -0.154. The highest BCUT2D eigenvalue weighted by molar-refractivity contribution is 7.90. The number of carbonyl (C=O) groups is 3. The summed E-state index contributed by atoms with van der Waals surface area (Å²) in [7, 11) is -3.98. The molecule has 1 atom stereocenters. The van der Waals surface area contributed by atoms with Crippen molar-refractivity contribution in [2.45, 2.75) is 70.5 Å². The van der Waals surface area contributed by atoms with Crippen LogP contribution in [0.1, 0.15) is 44.7 Å². The molecular formula is C30H43N7O9S. The maximum Gasteiger partial charge on any atom is 0.407 e. The van der Waals surface area contributed by atoms with Gasteiger partial charge in [0.1, 0.15) is 24.8 Å². The molecule has 2 aromatic rings. The summed E-state index contributed by atoms with van der Waals surface area (Å²) in [4.78, 5) is 70.6. The molecule has 16 nitrogen and oxygen atoms in total. The number of sulfonamides is 1. The van der Waals surface area contributed by atoms with E-state index < -0.39 is 57.4 Å². The van der Waals surface area contributed by atoms with E-state index in [4.69, 9.17) is 15.2 Å². The first-order chi connectivity index (χ1) is 21.9. The first kappa shape index (κ1) is 38.3. The number of nitrogens with zero attached hydrogens (tertiary/aromatic N) is 3. The molecule has 1 heterocycles. The number of aromatic nitrogens is 2. The summed E-state index contributed by atoms with van der Waals surface area (Å²) in [5.41, 5.74) is 4.66. The van der Waals surface area contributed by atoms with E-state index in [0.717, 1.165) is 15.0 Å². The van der Waals surface area contributed by atoms with Crippen molar-refractivity contribution in [1.82, 2.24) is 24.5 Å². The van der Waals surface area contributed by atoms with Crippen molar-refractivity contribution in [3.05, 3.63) is 75.1 Å². The molecule has 0 saturated heterocycles. The largest absolute Gasteiger partial charge is 0.460 e. The number of esters is 1. The van der Waals surface area contributed by atoms with E-state index in [1.54, 1.807) is 32.9 Å². The third-order valence-corrected chi connectivity index (χ3v) is 7.69. The summed E-state index contributed by atoms with van der Waals surface area (Å²) in [5, 5.41) is 2.53. The zero-order chi connectivity index (χ0) is 35.4. The number of rotatable bonds is 15. The number of aromatic amines is 1. The Labute approximate surface area is 273 Å². The number of hydrogen-bond acceptors (Lipinski definition) is 10. The van der Waals surface area contributed by atoms with Gasteiger partial charge >= 0.3 is 17.8 Å². The highest BCUT2D eigenvalue weighted by atomic mass is 32.2. The van der Waals surface area contributed by atoms with Crippen molar-refractivity contribution in [3.8, 4) is 0 Å². The molecule has 47 heavy (non-hydrogen) atoms. The second-order valence-electron chi connectivity index (χ2n) is 11.5. The number of hydrogen-bond donors (Lipinski definition) is 4. The van der Waals surface area contributed by atoms with Gasteiger partial charge in [-0.25, -0.2) is 27.5 Å². The van der Waals surface area contributed by atoms with Crippen LogP contribution in [0.3, 0.4) is 0 Å². The standard InChI is InChI=1S/C30H43N7O9S/c1-7-17-45-26(40)23(9-8-14-32-27(31)35-47(43,44)22-12-10-20(2)11-13-22)37(16-15-33-29(42)46-30(4,5)6)24(38)19-36-18-21(3)25(39)34-28(36)41/h7,10-13,18,23H,1,8-9,14-17,19H2,2-6H3,(H,33,42)(H3,31,32,35)(H,34,39,41)/t23-/m0/s1. The van der Waals surface area contributed by atoms with Gasteiger partial charge in [0, 0.05) is 31.4 Å². The van der Waals surface area contributed by atoms with Crippen LogP contribution < -0.4 is 27.0 Å². The highest BCUT2D eigenvalue weighted by Gasteiger charge is 2.31. The number of ether oxygens (including phenoxy) is 2. The number of benzene rings is 1. The molecule has 258 valence electrons. The maximum absolute atomic E-state index is 13.6. The molecule has 0 bridgehead atoms. The average Bonchev–Trinajstić information content (AvgIpc) is 2.96. The number of aryl methyl sites for hydroxylation is 2. The number of H-pyrrole nitrogens is 1. The molecule has 17 heteroatoms. The summed E-state index contributed by atoms with van der Waals surface area (Å²) in [6, 6.07) is 4.91. The summed E-state index contributed by atoms with van der Waals surface area (Å²) in [5.74, 6) is -1.87. The molecule has 0 aliphatic rings. The Balaban J connectivity index is 2.28. The SMILES string of the molecule is C=CCOC(=O)[C@H](CCCN=C(N)NS(=O)(=O)c1ccc(C)cc1)N(CCNC(=O)OC(C)(C)C)C(=O)Cn1cc(C)c(=O)[nH]c1=O. The van der Waals surface area contributed by atoms with Crippen molar-refractivity contribution in [1.29, 1.82) is 0 Å². The number of alkyl carbamates (subject to hydrolysis) is 1. The molecule has 2 rings (SSSR count). The van der Waals surface area contributed by atoms with Gasteiger partial charge < -0.3 is 25.4 Å². The molecule has 0 aliphatic heterocycles. The minimum Gasteiger partial charge on any atom is -0.460 e. The van der Waals surface area contributed by atoms with Gasteiger partial charge in [-0.3, -0.25) is 24.1 Å². The lowest BCUT2D eigenvalue weighted by Crippen LogP contribution is -2.51. The number of guanidine groups is 1. The molecule has 2 amide bonds. The van der Waals surface area contributed by atoms with Gasteiger partial charge in [-0.2, -0.15) is 0 Å². The Morgan fingerprint density at radius 1 is 1.17 bits per heavy atom. The van der Waals surface area contributed by atoms with Gasteiger partial charge in [0.05, 0.1) is 4.90 Å². The second-order valence-corrected chi connectivity index (χ2v) is 13.2. The second kappa shape index (κ2) is 17.1. The van der Waals surface area contributed by atoms with Gasteiger partial charge in [0.25, 0.3) is 15.6 Å². The minimum absolute atomic E-state index is 0.00258. The molecule has 5 N–H and O–H groups in total. The van der Waals surface area contributed by atoms with Crippen LogP contribution in [0.5, 0.6) is 0 Å². The number of aliphatic imine (C=N–C) groups is 1. The predicted molar refractivity (Wildman–Crippen MR) is 174 cm³/mol. The highest BCUT2D eigenvalue weighted by Crippen LogP contribution is 2.13. The first-order valence-electron chi connectivity index (χ1n) is 14.7. The molecule has 0 radical (unpaired) electrons. The zero-order valence-electron chi connectivity index (χ0n) is 27.2. The van der Waals surface area contributed by atoms with Crippen LogP contribution in [-0.2, 0) is 35.6 Å². The van der Waals surface area contributed by atoms with E-state index in [1.165, 1.54) is 31.3 Å². The van der Waals surface area contributed by atoms with E-state index in [-0.39, 0.29) is 55.5 Å². The fourth-order valence-corrected chi connectivity index (χ4v) is 5.04. The van der Waals surface area contributed by atoms with Crippen molar-refractivity contribution in [2.24, 2.45) is 10.7 Å². The van der Waals surface area contributed by atoms with Crippen molar-refractivity contribution in [2.75, 3.05) is 26.2 Å². The van der Waals surface area contributed by atoms with E-state index >= 15 is 0 Å². The topological polar surface area (TPSA) is 224 Å². The van der Waals surface area contributed by atoms with Crippen LogP contribution in [0.15, 0.2) is 62.6 Å². The molecule has 0 fully saturated rings. The lowest BCUT2D eigenvalue weighted by Gasteiger charge is -2.31. The van der Waals surface area contributed by atoms with Crippen molar-refractivity contribution >= 4 is 34.0 Å². The van der Waals surface area contributed by atoms with E-state index in [1.807, 2.05) is 6.92 Å². The number of amides is 2. The average molecular weight is 678 g/mol. The fraction of sp³-hybridized carbons (Fsp3) is 0.467. The quantitative estimate of drug-likeness (QED) is 0.0678. The van der Waals surface area contributed by atoms with Crippen LogP contribution in [0.2, 0.25) is 0 Å². The van der Waals surface area contributed by atoms with Gasteiger partial charge in [-0.05, 0) is 59.6 Å². The van der Waals surface area contributed by atoms with Crippen molar-refractivity contribution < 1.29 is 32.3 Å². The van der Waals surface area contributed by atoms with Gasteiger partial charge in [-0.15, -0.1) is 0 Å². The monoisotopic (exact) mass is 677 g/mol. The van der Waals surface area contributed by atoms with Crippen LogP contribution in [-0.4, -0.2) is 84.7 Å². The number of nitrogens with two attached hydrogens (primary N) is 1. The van der Waals surface area contributed by atoms with E-state index in [9.17, 15) is 32.4 Å². The fourth-order valence-electron chi connectivity index (χ4n) is 4.09. The molecule has 1 aromatic carbocycles. The summed E-state index contributed by atoms with van der Waals surface area (Å²) < 4.78 is 38.9. The predicted octanol–water partition coefficient (Wildman–Crippen LogP) is 0.678. The third-order valence-electron chi connectivity index (χ3n) is 6.32. The summed E-state index contributed by atoms with van der Waals surface area (Å²) in [6.07, 6.45) is 1.94. The Kier molecular flexibility index (Phi) is 13.9. The molecule has 0 unspecified atom stereocenters. The van der Waals surface area contributed by atoms with E-state index in [2.05, 4.69) is 26.6 Å². The summed E-state index contributed by atoms with van der Waals surface area (Å²) in [6.45, 7) is 10.8. The first-order valence-corrected chi connectivity index (χ1v) is 16.2. The molecule has 0 saturated carbocycles. The smallest absolute Gasteiger partial charge is 0.407 e. The van der Waals surface area contributed by atoms with Gasteiger partial charge in [-0.1, -0.05) is 30.4 Å².